The van der Waals surface area contributed by atoms with Crippen LogP contribution in [0.15, 0.2) is 58.6 Å². The van der Waals surface area contributed by atoms with Crippen LogP contribution >= 0.6 is 23.4 Å². The standard InChI is InChI=1S/C29H30ClN5OS/c1-33-13-15-34(16-14-33)26-8-6-21(19-24(26)30)22-9-10-31-25-7-5-20(17-23(22)25)18-27-28(36)32-29(37-27)35-11-3-2-4-12-35/h5-10,17-19H,2-4,11-16H2,1H3. The predicted octanol–water partition coefficient (Wildman–Crippen LogP) is 5.76. The highest BCUT2D eigenvalue weighted by molar-refractivity contribution is 8.18. The van der Waals surface area contributed by atoms with Crippen LogP contribution in [0.1, 0.15) is 24.8 Å². The number of aliphatic imine (C=N–C) groups is 1. The number of likely N-dealkylation sites (tertiary alicyclic amines) is 1. The van der Waals surface area contributed by atoms with E-state index in [-0.39, 0.29) is 5.91 Å². The van der Waals surface area contributed by atoms with Crippen molar-refractivity contribution in [2.24, 2.45) is 4.99 Å². The number of fused-ring (bicyclic) bond motifs is 1. The molecule has 0 unspecified atom stereocenters. The maximum Gasteiger partial charge on any atom is 0.286 e. The number of hydrogen-bond donors (Lipinski definition) is 0. The zero-order valence-corrected chi connectivity index (χ0v) is 22.6. The maximum absolute atomic E-state index is 12.7. The number of pyridine rings is 1. The summed E-state index contributed by atoms with van der Waals surface area (Å²) in [5.74, 6) is -0.150. The Hall–Kier alpha value is -2.87. The molecule has 3 aliphatic rings. The van der Waals surface area contributed by atoms with Crippen LogP contribution in [0.25, 0.3) is 28.1 Å². The number of thioether (sulfide) groups is 1. The average Bonchev–Trinajstić information content (AvgIpc) is 3.29. The van der Waals surface area contributed by atoms with Gasteiger partial charge in [-0.15, -0.1) is 0 Å². The topological polar surface area (TPSA) is 52.0 Å². The van der Waals surface area contributed by atoms with E-state index in [1.165, 1.54) is 18.2 Å². The Morgan fingerprint density at radius 1 is 0.919 bits per heavy atom. The molecule has 8 heteroatoms. The lowest BCUT2D eigenvalue weighted by Gasteiger charge is -2.34. The van der Waals surface area contributed by atoms with Crippen LogP contribution in [0.3, 0.4) is 0 Å². The minimum atomic E-state index is -0.150. The summed E-state index contributed by atoms with van der Waals surface area (Å²) in [4.78, 5) is 29.2. The molecule has 190 valence electrons. The van der Waals surface area contributed by atoms with Crippen molar-refractivity contribution in [3.63, 3.8) is 0 Å². The molecule has 4 heterocycles. The molecule has 0 atom stereocenters. The molecular formula is C29H30ClN5OS. The summed E-state index contributed by atoms with van der Waals surface area (Å²) in [6, 6.07) is 14.5. The average molecular weight is 532 g/mol. The summed E-state index contributed by atoms with van der Waals surface area (Å²) >= 11 is 8.29. The van der Waals surface area contributed by atoms with Crippen molar-refractivity contribution in [1.82, 2.24) is 14.8 Å². The lowest BCUT2D eigenvalue weighted by molar-refractivity contribution is -0.113. The van der Waals surface area contributed by atoms with Gasteiger partial charge in [-0.3, -0.25) is 9.78 Å². The number of nitrogens with zero attached hydrogens (tertiary/aromatic N) is 5. The number of piperidine rings is 1. The molecule has 2 saturated heterocycles. The molecule has 3 aromatic rings. The summed E-state index contributed by atoms with van der Waals surface area (Å²) in [6.45, 7) is 5.99. The highest BCUT2D eigenvalue weighted by atomic mass is 35.5. The smallest absolute Gasteiger partial charge is 0.286 e. The summed E-state index contributed by atoms with van der Waals surface area (Å²) in [7, 11) is 2.16. The van der Waals surface area contributed by atoms with E-state index in [1.807, 2.05) is 30.5 Å². The van der Waals surface area contributed by atoms with Crippen molar-refractivity contribution in [2.45, 2.75) is 19.3 Å². The van der Waals surface area contributed by atoms with E-state index in [4.69, 9.17) is 11.6 Å². The molecule has 0 spiro atoms. The number of halogens is 1. The third kappa shape index (κ3) is 5.13. The first kappa shape index (κ1) is 24.5. The molecule has 6 nitrogen and oxygen atoms in total. The Morgan fingerprint density at radius 3 is 2.51 bits per heavy atom. The van der Waals surface area contributed by atoms with Crippen LogP contribution in [0, 0.1) is 0 Å². The molecule has 2 aromatic carbocycles. The van der Waals surface area contributed by atoms with E-state index in [1.54, 1.807) is 0 Å². The Bertz CT molecular complexity index is 1410. The fourth-order valence-electron chi connectivity index (χ4n) is 5.25. The molecule has 0 bridgehead atoms. The van der Waals surface area contributed by atoms with Gasteiger partial charge in [0, 0.05) is 50.9 Å². The van der Waals surface area contributed by atoms with Crippen LogP contribution in [0.4, 0.5) is 5.69 Å². The molecule has 1 aromatic heterocycles. The Labute approximate surface area is 227 Å². The number of carbonyl (C=O) groups is 1. The van der Waals surface area contributed by atoms with Crippen molar-refractivity contribution in [3.05, 3.63) is 64.2 Å². The molecule has 0 aliphatic carbocycles. The van der Waals surface area contributed by atoms with Crippen molar-refractivity contribution >= 4 is 57.1 Å². The van der Waals surface area contributed by atoms with Gasteiger partial charge in [0.1, 0.15) is 0 Å². The first-order valence-corrected chi connectivity index (χ1v) is 14.1. The number of carbonyl (C=O) groups excluding carboxylic acids is 1. The molecule has 3 aliphatic heterocycles. The monoisotopic (exact) mass is 531 g/mol. The lowest BCUT2D eigenvalue weighted by atomic mass is 9.99. The van der Waals surface area contributed by atoms with E-state index in [2.05, 4.69) is 56.0 Å². The van der Waals surface area contributed by atoms with Crippen molar-refractivity contribution in [2.75, 3.05) is 51.2 Å². The number of aromatic nitrogens is 1. The number of hydrogen-bond acceptors (Lipinski definition) is 6. The zero-order chi connectivity index (χ0) is 25.4. The number of likely N-dealkylation sites (N-methyl/N-ethyl adjacent to an activating group) is 1. The van der Waals surface area contributed by atoms with Gasteiger partial charge >= 0.3 is 0 Å². The van der Waals surface area contributed by atoms with Gasteiger partial charge in [0.05, 0.1) is 21.1 Å². The van der Waals surface area contributed by atoms with Gasteiger partial charge in [0.2, 0.25) is 0 Å². The predicted molar refractivity (Wildman–Crippen MR) is 155 cm³/mol. The molecule has 0 saturated carbocycles. The van der Waals surface area contributed by atoms with E-state index < -0.39 is 0 Å². The first-order valence-electron chi connectivity index (χ1n) is 12.9. The minimum absolute atomic E-state index is 0.150. The molecule has 0 radical (unpaired) electrons. The normalized spacial score (nSPS) is 20.2. The largest absolute Gasteiger partial charge is 0.368 e. The van der Waals surface area contributed by atoms with Crippen LogP contribution < -0.4 is 4.90 Å². The van der Waals surface area contributed by atoms with Crippen LogP contribution in [0.5, 0.6) is 0 Å². The second-order valence-electron chi connectivity index (χ2n) is 9.95. The van der Waals surface area contributed by atoms with Crippen molar-refractivity contribution in [3.8, 4) is 11.1 Å². The highest BCUT2D eigenvalue weighted by Gasteiger charge is 2.27. The van der Waals surface area contributed by atoms with E-state index in [9.17, 15) is 4.79 Å². The number of amidine groups is 1. The first-order chi connectivity index (χ1) is 18.0. The molecule has 1 amide bonds. The summed E-state index contributed by atoms with van der Waals surface area (Å²) in [6.07, 6.45) is 7.36. The Kier molecular flexibility index (Phi) is 6.93. The highest BCUT2D eigenvalue weighted by Crippen LogP contribution is 2.36. The van der Waals surface area contributed by atoms with Gasteiger partial charge in [0.25, 0.3) is 5.91 Å². The van der Waals surface area contributed by atoms with E-state index in [0.717, 1.165) is 95.6 Å². The fraction of sp³-hybridized carbons (Fsp3) is 0.345. The molecular weight excluding hydrogens is 502 g/mol. The number of amides is 1. The Morgan fingerprint density at radius 2 is 1.73 bits per heavy atom. The maximum atomic E-state index is 12.7. The minimum Gasteiger partial charge on any atom is -0.368 e. The summed E-state index contributed by atoms with van der Waals surface area (Å²) in [5.41, 5.74) is 5.10. The SMILES string of the molecule is CN1CCN(c2ccc(-c3ccnc4ccc(C=C5SC(N6CCCCC6)=NC5=O)cc34)cc2Cl)CC1. The van der Waals surface area contributed by atoms with Crippen LogP contribution in [-0.4, -0.2) is 72.2 Å². The number of piperazine rings is 1. The zero-order valence-electron chi connectivity index (χ0n) is 21.0. The molecule has 37 heavy (non-hydrogen) atoms. The van der Waals surface area contributed by atoms with E-state index in [0.29, 0.717) is 4.91 Å². The number of benzene rings is 2. The summed E-state index contributed by atoms with van der Waals surface area (Å²) < 4.78 is 0. The van der Waals surface area contributed by atoms with Gasteiger partial charge in [0.15, 0.2) is 5.17 Å². The summed E-state index contributed by atoms with van der Waals surface area (Å²) in [5, 5.41) is 2.64. The third-order valence-corrected chi connectivity index (χ3v) is 8.75. The quantitative estimate of drug-likeness (QED) is 0.400. The van der Waals surface area contributed by atoms with Gasteiger partial charge in [-0.25, -0.2) is 0 Å². The number of rotatable bonds is 3. The number of anilines is 1. The van der Waals surface area contributed by atoms with Crippen molar-refractivity contribution < 1.29 is 4.79 Å². The molecule has 6 rings (SSSR count). The van der Waals surface area contributed by atoms with Gasteiger partial charge in [-0.1, -0.05) is 23.7 Å². The van der Waals surface area contributed by atoms with Crippen LogP contribution in [-0.2, 0) is 4.79 Å². The fourth-order valence-corrected chi connectivity index (χ4v) is 6.52. The van der Waals surface area contributed by atoms with Gasteiger partial charge in [-0.2, -0.15) is 4.99 Å². The van der Waals surface area contributed by atoms with E-state index >= 15 is 0 Å². The molecule has 2 fully saturated rings. The molecule has 0 N–H and O–H groups in total. The second kappa shape index (κ2) is 10.5. The van der Waals surface area contributed by atoms with Gasteiger partial charge < -0.3 is 14.7 Å². The van der Waals surface area contributed by atoms with Gasteiger partial charge in [-0.05, 0) is 91.2 Å². The Balaban J connectivity index is 1.28. The lowest BCUT2D eigenvalue weighted by Crippen LogP contribution is -2.44. The van der Waals surface area contributed by atoms with Crippen LogP contribution in [0.2, 0.25) is 5.02 Å². The third-order valence-electron chi connectivity index (χ3n) is 7.40. The second-order valence-corrected chi connectivity index (χ2v) is 11.4. The van der Waals surface area contributed by atoms with Crippen molar-refractivity contribution in [1.29, 1.82) is 0 Å².